The van der Waals surface area contributed by atoms with Crippen molar-refractivity contribution in [3.63, 3.8) is 0 Å². The first-order chi connectivity index (χ1) is 5.81. The summed E-state index contributed by atoms with van der Waals surface area (Å²) in [6, 6.07) is 0. The van der Waals surface area contributed by atoms with Crippen molar-refractivity contribution in [1.29, 1.82) is 0 Å². The third kappa shape index (κ3) is 8.37. The Kier molecular flexibility index (Phi) is 9.57. The van der Waals surface area contributed by atoms with E-state index in [2.05, 4.69) is 18.5 Å². The molecule has 0 aromatic carbocycles. The average Bonchev–Trinajstić information content (AvgIpc) is 2.05. The average molecular weight is 191 g/mol. The fourth-order valence-electron chi connectivity index (χ4n) is 1.03. The number of methoxy groups -OCH3 is 1. The fraction of sp³-hybridized carbons (Fsp3) is 1.00. The first-order valence-electron chi connectivity index (χ1n) is 4.49. The summed E-state index contributed by atoms with van der Waals surface area (Å²) in [6.45, 7) is 5.26. The van der Waals surface area contributed by atoms with Gasteiger partial charge in [0.05, 0.1) is 0 Å². The Morgan fingerprint density at radius 2 is 2.25 bits per heavy atom. The lowest BCUT2D eigenvalue weighted by atomic mass is 10.2. The van der Waals surface area contributed by atoms with Crippen LogP contribution in [0.3, 0.4) is 0 Å². The molecule has 0 heterocycles. The Labute approximate surface area is 80.4 Å². The van der Waals surface area contributed by atoms with Gasteiger partial charge < -0.3 is 10.1 Å². The lowest BCUT2D eigenvalue weighted by Gasteiger charge is -2.10. The molecule has 0 bridgehead atoms. The molecule has 12 heavy (non-hydrogen) atoms. The van der Waals surface area contributed by atoms with Crippen molar-refractivity contribution in [2.75, 3.05) is 38.8 Å². The Balaban J connectivity index is 2.97. The molecular weight excluding hydrogens is 170 g/mol. The van der Waals surface area contributed by atoms with Gasteiger partial charge in [-0.1, -0.05) is 6.92 Å². The molecule has 0 aromatic rings. The second-order valence-corrected chi connectivity index (χ2v) is 4.10. The fourth-order valence-corrected chi connectivity index (χ4v) is 1.47. The first-order valence-corrected chi connectivity index (χ1v) is 5.89. The summed E-state index contributed by atoms with van der Waals surface area (Å²) in [5.74, 6) is 1.88. The molecule has 3 heteroatoms. The van der Waals surface area contributed by atoms with Gasteiger partial charge in [0.25, 0.3) is 0 Å². The van der Waals surface area contributed by atoms with Gasteiger partial charge in [0.1, 0.15) is 0 Å². The van der Waals surface area contributed by atoms with Gasteiger partial charge in [-0.3, -0.25) is 0 Å². The van der Waals surface area contributed by atoms with Crippen LogP contribution in [0, 0.1) is 5.92 Å². The molecule has 0 saturated carbocycles. The van der Waals surface area contributed by atoms with Gasteiger partial charge >= 0.3 is 0 Å². The number of nitrogens with one attached hydrogen (secondary N) is 1. The second kappa shape index (κ2) is 9.36. The molecule has 0 rings (SSSR count). The van der Waals surface area contributed by atoms with Crippen LogP contribution in [0.5, 0.6) is 0 Å². The molecular formula is C9H21NOS. The van der Waals surface area contributed by atoms with Crippen LogP contribution < -0.4 is 5.32 Å². The molecule has 2 nitrogen and oxygen atoms in total. The summed E-state index contributed by atoms with van der Waals surface area (Å²) in [5.41, 5.74) is 0. The maximum atomic E-state index is 5.04. The van der Waals surface area contributed by atoms with Gasteiger partial charge in [-0.25, -0.2) is 0 Å². The lowest BCUT2D eigenvalue weighted by molar-refractivity contribution is 0.158. The van der Waals surface area contributed by atoms with Crippen molar-refractivity contribution >= 4 is 11.8 Å². The molecule has 1 N–H and O–H groups in total. The minimum atomic E-state index is 0.629. The van der Waals surface area contributed by atoms with Crippen LogP contribution >= 0.6 is 11.8 Å². The van der Waals surface area contributed by atoms with E-state index in [4.69, 9.17) is 4.74 Å². The van der Waals surface area contributed by atoms with E-state index in [-0.39, 0.29) is 0 Å². The van der Waals surface area contributed by atoms with E-state index >= 15 is 0 Å². The van der Waals surface area contributed by atoms with E-state index in [1.54, 1.807) is 7.11 Å². The van der Waals surface area contributed by atoms with E-state index in [0.717, 1.165) is 19.7 Å². The molecule has 0 saturated heterocycles. The van der Waals surface area contributed by atoms with Gasteiger partial charge in [0.15, 0.2) is 0 Å². The number of hydrogen-bond acceptors (Lipinski definition) is 3. The second-order valence-electron chi connectivity index (χ2n) is 3.11. The van der Waals surface area contributed by atoms with Crippen LogP contribution in [-0.4, -0.2) is 38.8 Å². The first kappa shape index (κ1) is 12.3. The maximum absolute atomic E-state index is 5.04. The van der Waals surface area contributed by atoms with E-state index in [9.17, 15) is 0 Å². The Bertz CT molecular complexity index is 90.6. The van der Waals surface area contributed by atoms with Crippen LogP contribution in [-0.2, 0) is 4.74 Å². The van der Waals surface area contributed by atoms with Crippen molar-refractivity contribution < 1.29 is 4.74 Å². The predicted octanol–water partition coefficient (Wildman–Crippen LogP) is 1.61. The van der Waals surface area contributed by atoms with E-state index in [1.807, 2.05) is 11.8 Å². The topological polar surface area (TPSA) is 21.3 Å². The minimum Gasteiger partial charge on any atom is -0.384 e. The van der Waals surface area contributed by atoms with Gasteiger partial charge in [-0.05, 0) is 37.4 Å². The zero-order valence-corrected chi connectivity index (χ0v) is 9.25. The van der Waals surface area contributed by atoms with E-state index < -0.39 is 0 Å². The van der Waals surface area contributed by atoms with Crippen LogP contribution in [0.2, 0.25) is 0 Å². The van der Waals surface area contributed by atoms with E-state index in [0.29, 0.717) is 5.92 Å². The van der Waals surface area contributed by atoms with Gasteiger partial charge in [-0.15, -0.1) is 0 Å². The van der Waals surface area contributed by atoms with Crippen molar-refractivity contribution in [3.05, 3.63) is 0 Å². The maximum Gasteiger partial charge on any atom is 0.0499 e. The number of thioether (sulfide) groups is 1. The molecule has 0 aromatic heterocycles. The highest BCUT2D eigenvalue weighted by atomic mass is 32.2. The summed E-state index contributed by atoms with van der Waals surface area (Å²) < 4.78 is 5.04. The lowest BCUT2D eigenvalue weighted by Crippen LogP contribution is -2.24. The molecule has 1 atom stereocenters. The number of ether oxygens (including phenoxy) is 1. The molecule has 0 radical (unpaired) electrons. The van der Waals surface area contributed by atoms with Gasteiger partial charge in [-0.2, -0.15) is 11.8 Å². The summed E-state index contributed by atoms with van der Waals surface area (Å²) in [6.07, 6.45) is 3.41. The largest absolute Gasteiger partial charge is 0.384 e. The molecule has 0 fully saturated rings. The van der Waals surface area contributed by atoms with Crippen LogP contribution in [0.4, 0.5) is 0 Å². The van der Waals surface area contributed by atoms with Gasteiger partial charge in [0, 0.05) is 13.7 Å². The van der Waals surface area contributed by atoms with Crippen molar-refractivity contribution in [2.45, 2.75) is 13.3 Å². The zero-order valence-electron chi connectivity index (χ0n) is 8.43. The van der Waals surface area contributed by atoms with E-state index in [1.165, 1.54) is 12.2 Å². The molecule has 1 unspecified atom stereocenters. The number of hydrogen-bond donors (Lipinski definition) is 1. The molecule has 0 aliphatic heterocycles. The minimum absolute atomic E-state index is 0.629. The normalized spacial score (nSPS) is 13.2. The summed E-state index contributed by atoms with van der Waals surface area (Å²) in [4.78, 5) is 0. The Morgan fingerprint density at radius 3 is 2.83 bits per heavy atom. The molecule has 0 aliphatic rings. The van der Waals surface area contributed by atoms with Crippen LogP contribution in [0.15, 0.2) is 0 Å². The van der Waals surface area contributed by atoms with Crippen molar-refractivity contribution in [2.24, 2.45) is 5.92 Å². The third-order valence-electron chi connectivity index (χ3n) is 1.65. The zero-order chi connectivity index (χ0) is 9.23. The quantitative estimate of drug-likeness (QED) is 0.589. The van der Waals surface area contributed by atoms with Gasteiger partial charge in [0.2, 0.25) is 0 Å². The smallest absolute Gasteiger partial charge is 0.0499 e. The monoisotopic (exact) mass is 191 g/mol. The third-order valence-corrected chi connectivity index (χ3v) is 2.34. The molecule has 0 amide bonds. The SMILES string of the molecule is COCC(C)CNCCCSC. The number of rotatable bonds is 8. The highest BCUT2D eigenvalue weighted by molar-refractivity contribution is 7.98. The van der Waals surface area contributed by atoms with Crippen LogP contribution in [0.25, 0.3) is 0 Å². The predicted molar refractivity (Wildman–Crippen MR) is 56.9 cm³/mol. The highest BCUT2D eigenvalue weighted by Crippen LogP contribution is 1.95. The van der Waals surface area contributed by atoms with Crippen molar-refractivity contribution in [3.8, 4) is 0 Å². The standard InChI is InChI=1S/C9H21NOS/c1-9(8-11-2)7-10-5-4-6-12-3/h9-10H,4-8H2,1-3H3. The van der Waals surface area contributed by atoms with Crippen LogP contribution in [0.1, 0.15) is 13.3 Å². The molecule has 74 valence electrons. The summed E-state index contributed by atoms with van der Waals surface area (Å²) in [7, 11) is 1.75. The van der Waals surface area contributed by atoms with Crippen molar-refractivity contribution in [1.82, 2.24) is 5.32 Å². The molecule has 0 aliphatic carbocycles. The highest BCUT2D eigenvalue weighted by Gasteiger charge is 1.98. The Hall–Kier alpha value is 0.270. The Morgan fingerprint density at radius 1 is 1.50 bits per heavy atom. The summed E-state index contributed by atoms with van der Waals surface area (Å²) in [5, 5.41) is 3.41. The summed E-state index contributed by atoms with van der Waals surface area (Å²) >= 11 is 1.91. The molecule has 0 spiro atoms.